The minimum atomic E-state index is -0.496. The van der Waals surface area contributed by atoms with Crippen molar-refractivity contribution in [3.8, 4) is 0 Å². The maximum absolute atomic E-state index is 11.7. The lowest BCUT2D eigenvalue weighted by Gasteiger charge is -1.99. The first-order valence-electron chi connectivity index (χ1n) is 5.80. The maximum atomic E-state index is 11.7. The van der Waals surface area contributed by atoms with E-state index >= 15 is 0 Å². The zero-order valence-corrected chi connectivity index (χ0v) is 12.3. The number of fused-ring (bicyclic) bond motifs is 3. The van der Waals surface area contributed by atoms with Crippen LogP contribution in [0.3, 0.4) is 0 Å². The van der Waals surface area contributed by atoms with Gasteiger partial charge < -0.3 is 9.72 Å². The van der Waals surface area contributed by atoms with Gasteiger partial charge in [-0.1, -0.05) is 0 Å². The zero-order valence-electron chi connectivity index (χ0n) is 10.1. The van der Waals surface area contributed by atoms with Crippen LogP contribution in [0.2, 0.25) is 0 Å². The Balaban J connectivity index is 2.23. The smallest absolute Gasteiger partial charge is 0.376 e. The molecule has 5 nitrogen and oxygen atoms in total. The van der Waals surface area contributed by atoms with Crippen molar-refractivity contribution in [3.05, 3.63) is 33.8 Å². The van der Waals surface area contributed by atoms with Crippen molar-refractivity contribution in [2.45, 2.75) is 6.92 Å². The second kappa shape index (κ2) is 4.76. The van der Waals surface area contributed by atoms with E-state index < -0.39 is 5.97 Å². The SMILES string of the molecule is CCOC(=O)c1ncc2[nH]c3ccc(I)cc3c2n1. The number of hydrogen-bond donors (Lipinski definition) is 1. The van der Waals surface area contributed by atoms with Gasteiger partial charge in [0, 0.05) is 14.5 Å². The lowest BCUT2D eigenvalue weighted by atomic mass is 10.2. The van der Waals surface area contributed by atoms with Crippen LogP contribution in [-0.4, -0.2) is 27.5 Å². The number of carbonyl (C=O) groups excluding carboxylic acids is 1. The van der Waals surface area contributed by atoms with E-state index in [0.717, 1.165) is 25.5 Å². The van der Waals surface area contributed by atoms with E-state index in [4.69, 9.17) is 4.74 Å². The predicted molar refractivity (Wildman–Crippen MR) is 80.1 cm³/mol. The number of benzene rings is 1. The number of esters is 1. The Morgan fingerprint density at radius 2 is 2.26 bits per heavy atom. The van der Waals surface area contributed by atoms with Crippen LogP contribution in [0.5, 0.6) is 0 Å². The van der Waals surface area contributed by atoms with E-state index in [-0.39, 0.29) is 5.82 Å². The molecule has 6 heteroatoms. The third kappa shape index (κ3) is 2.16. The molecule has 3 aromatic rings. The van der Waals surface area contributed by atoms with Crippen molar-refractivity contribution in [2.24, 2.45) is 0 Å². The van der Waals surface area contributed by atoms with Crippen molar-refractivity contribution in [1.82, 2.24) is 15.0 Å². The van der Waals surface area contributed by atoms with E-state index in [1.807, 2.05) is 18.2 Å². The molecule has 19 heavy (non-hydrogen) atoms. The summed E-state index contributed by atoms with van der Waals surface area (Å²) in [6.07, 6.45) is 1.61. The summed E-state index contributed by atoms with van der Waals surface area (Å²) in [6, 6.07) is 6.03. The summed E-state index contributed by atoms with van der Waals surface area (Å²) < 4.78 is 6.03. The summed E-state index contributed by atoms with van der Waals surface area (Å²) in [4.78, 5) is 23.2. The van der Waals surface area contributed by atoms with Crippen molar-refractivity contribution in [3.63, 3.8) is 0 Å². The molecule has 1 aromatic carbocycles. The van der Waals surface area contributed by atoms with Crippen LogP contribution in [0, 0.1) is 3.57 Å². The minimum absolute atomic E-state index is 0.0918. The fourth-order valence-corrected chi connectivity index (χ4v) is 2.43. The van der Waals surface area contributed by atoms with Gasteiger partial charge in [0.15, 0.2) is 0 Å². The molecule has 0 spiro atoms. The number of halogens is 1. The molecule has 0 atom stereocenters. The van der Waals surface area contributed by atoms with Crippen molar-refractivity contribution < 1.29 is 9.53 Å². The minimum Gasteiger partial charge on any atom is -0.460 e. The molecular weight excluding hydrogens is 357 g/mol. The van der Waals surface area contributed by atoms with Gasteiger partial charge in [0.25, 0.3) is 0 Å². The molecule has 0 aliphatic rings. The molecule has 0 saturated carbocycles. The van der Waals surface area contributed by atoms with Gasteiger partial charge in [-0.05, 0) is 47.7 Å². The quantitative estimate of drug-likeness (QED) is 0.559. The standard InChI is InChI=1S/C13H10IN3O2/c1-2-19-13(18)12-15-6-10-11(17-12)8-5-7(14)3-4-9(8)16-10/h3-6,16H,2H2,1H3. The highest BCUT2D eigenvalue weighted by atomic mass is 127. The highest BCUT2D eigenvalue weighted by Gasteiger charge is 2.13. The Labute approximate surface area is 122 Å². The molecule has 0 saturated heterocycles. The second-order valence-corrected chi connectivity index (χ2v) is 5.24. The summed E-state index contributed by atoms with van der Waals surface area (Å²) >= 11 is 2.24. The van der Waals surface area contributed by atoms with Crippen LogP contribution in [0.25, 0.3) is 21.9 Å². The van der Waals surface area contributed by atoms with Gasteiger partial charge >= 0.3 is 5.97 Å². The normalized spacial score (nSPS) is 11.1. The number of ether oxygens (including phenoxy) is 1. The first kappa shape index (κ1) is 12.3. The highest BCUT2D eigenvalue weighted by molar-refractivity contribution is 14.1. The summed E-state index contributed by atoms with van der Waals surface area (Å²) in [5.74, 6) is -0.404. The number of aromatic amines is 1. The molecule has 3 rings (SSSR count). The average molecular weight is 367 g/mol. The number of hydrogen-bond acceptors (Lipinski definition) is 4. The van der Waals surface area contributed by atoms with Gasteiger partial charge in [0.2, 0.25) is 5.82 Å². The number of aromatic nitrogens is 3. The van der Waals surface area contributed by atoms with Crippen LogP contribution in [0.15, 0.2) is 24.4 Å². The lowest BCUT2D eigenvalue weighted by molar-refractivity contribution is 0.0512. The summed E-state index contributed by atoms with van der Waals surface area (Å²) in [7, 11) is 0. The first-order chi connectivity index (χ1) is 9.19. The molecule has 0 bridgehead atoms. The molecule has 0 aliphatic heterocycles. The van der Waals surface area contributed by atoms with Crippen LogP contribution >= 0.6 is 22.6 Å². The number of rotatable bonds is 2. The summed E-state index contributed by atoms with van der Waals surface area (Å²) in [5, 5.41) is 0.981. The number of carbonyl (C=O) groups is 1. The molecule has 0 radical (unpaired) electrons. The third-order valence-electron chi connectivity index (χ3n) is 2.75. The average Bonchev–Trinajstić information content (AvgIpc) is 2.76. The van der Waals surface area contributed by atoms with Gasteiger partial charge in [-0.15, -0.1) is 0 Å². The fourth-order valence-electron chi connectivity index (χ4n) is 1.94. The topological polar surface area (TPSA) is 67.9 Å². The molecule has 1 N–H and O–H groups in total. The maximum Gasteiger partial charge on any atom is 0.376 e. The molecule has 2 aromatic heterocycles. The molecule has 96 valence electrons. The van der Waals surface area contributed by atoms with Gasteiger partial charge in [0.1, 0.15) is 5.52 Å². The van der Waals surface area contributed by atoms with Gasteiger partial charge in [-0.25, -0.2) is 14.8 Å². The third-order valence-corrected chi connectivity index (χ3v) is 3.42. The van der Waals surface area contributed by atoms with Gasteiger partial charge in [0.05, 0.1) is 18.3 Å². The van der Waals surface area contributed by atoms with Crippen LogP contribution in [0.1, 0.15) is 17.5 Å². The first-order valence-corrected chi connectivity index (χ1v) is 6.88. The second-order valence-electron chi connectivity index (χ2n) is 3.99. The van der Waals surface area contributed by atoms with E-state index in [1.165, 1.54) is 0 Å². The van der Waals surface area contributed by atoms with E-state index in [1.54, 1.807) is 13.1 Å². The Bertz CT molecular complexity index is 782. The Hall–Kier alpha value is -1.70. The molecular formula is C13H10IN3O2. The Morgan fingerprint density at radius 3 is 3.05 bits per heavy atom. The van der Waals surface area contributed by atoms with Crippen LogP contribution in [0.4, 0.5) is 0 Å². The predicted octanol–water partition coefficient (Wildman–Crippen LogP) is 2.89. The van der Waals surface area contributed by atoms with Crippen molar-refractivity contribution in [2.75, 3.05) is 6.61 Å². The van der Waals surface area contributed by atoms with Crippen LogP contribution in [-0.2, 0) is 4.74 Å². The Morgan fingerprint density at radius 1 is 1.42 bits per heavy atom. The molecule has 2 heterocycles. The van der Waals surface area contributed by atoms with Crippen LogP contribution < -0.4 is 0 Å². The lowest BCUT2D eigenvalue weighted by Crippen LogP contribution is -2.09. The number of nitrogens with one attached hydrogen (secondary N) is 1. The van der Waals surface area contributed by atoms with Gasteiger partial charge in [-0.3, -0.25) is 0 Å². The molecule has 0 fully saturated rings. The monoisotopic (exact) mass is 367 g/mol. The van der Waals surface area contributed by atoms with E-state index in [0.29, 0.717) is 6.61 Å². The summed E-state index contributed by atoms with van der Waals surface area (Å²) in [5.41, 5.74) is 2.53. The van der Waals surface area contributed by atoms with E-state index in [9.17, 15) is 4.79 Å². The van der Waals surface area contributed by atoms with Crippen molar-refractivity contribution in [1.29, 1.82) is 0 Å². The highest BCUT2D eigenvalue weighted by Crippen LogP contribution is 2.24. The number of nitrogens with zero attached hydrogens (tertiary/aromatic N) is 2. The molecule has 0 unspecified atom stereocenters. The zero-order chi connectivity index (χ0) is 13.4. The van der Waals surface area contributed by atoms with E-state index in [2.05, 4.69) is 37.5 Å². The Kier molecular flexibility index (Phi) is 3.09. The molecule has 0 aliphatic carbocycles. The van der Waals surface area contributed by atoms with Crippen molar-refractivity contribution >= 4 is 50.5 Å². The fraction of sp³-hybridized carbons (Fsp3) is 0.154. The number of H-pyrrole nitrogens is 1. The largest absolute Gasteiger partial charge is 0.460 e. The molecule has 0 amide bonds. The summed E-state index contributed by atoms with van der Waals surface area (Å²) in [6.45, 7) is 2.07. The van der Waals surface area contributed by atoms with Gasteiger partial charge in [-0.2, -0.15) is 0 Å².